The van der Waals surface area contributed by atoms with Crippen LogP contribution in [0.4, 0.5) is 0 Å². The first-order valence-corrected chi connectivity index (χ1v) is 6.57. The third-order valence-electron chi connectivity index (χ3n) is 3.17. The van der Waals surface area contributed by atoms with Crippen molar-refractivity contribution in [2.24, 2.45) is 11.1 Å². The molecule has 1 aliphatic carbocycles. The maximum Gasteiger partial charge on any atom is 0.141 e. The Kier molecular flexibility index (Phi) is 3.21. The van der Waals surface area contributed by atoms with Crippen LogP contribution in [0.3, 0.4) is 0 Å². The molecule has 80 valence electrons. The fourth-order valence-corrected chi connectivity index (χ4v) is 3.71. The fourth-order valence-electron chi connectivity index (χ4n) is 2.34. The second-order valence-corrected chi connectivity index (χ2v) is 5.93. The van der Waals surface area contributed by atoms with Crippen molar-refractivity contribution in [1.29, 1.82) is 0 Å². The molecule has 0 aromatic rings. The number of hydrogen-bond donors (Lipinski definition) is 0. The van der Waals surface area contributed by atoms with E-state index in [1.807, 2.05) is 0 Å². The topological polar surface area (TPSA) is 38.7 Å². The molecule has 0 aromatic carbocycles. The molecule has 2 aliphatic rings. The van der Waals surface area contributed by atoms with Gasteiger partial charge in [-0.3, -0.25) is 4.21 Å². The van der Waals surface area contributed by atoms with Gasteiger partial charge in [0.1, 0.15) is 11.7 Å². The highest BCUT2D eigenvalue weighted by Gasteiger charge is 2.32. The Labute approximate surface area is 87.3 Å². The van der Waals surface area contributed by atoms with Crippen LogP contribution in [0, 0.1) is 5.92 Å². The first-order chi connectivity index (χ1) is 6.79. The van der Waals surface area contributed by atoms with Crippen LogP contribution in [0.5, 0.6) is 0 Å². The molecule has 0 aromatic heterocycles. The lowest BCUT2D eigenvalue weighted by atomic mass is 9.87. The molecule has 2 atom stereocenters. The van der Waals surface area contributed by atoms with E-state index >= 15 is 0 Å². The summed E-state index contributed by atoms with van der Waals surface area (Å²) in [5.41, 5.74) is 0. The Bertz CT molecular complexity index is 259. The zero-order valence-corrected chi connectivity index (χ0v) is 9.39. The Morgan fingerprint density at radius 2 is 2.07 bits per heavy atom. The molecule has 0 amide bonds. The SMILES string of the molecule is CC1=NOCC(C2CCCCC2)S1=O. The van der Waals surface area contributed by atoms with Crippen molar-refractivity contribution in [2.45, 2.75) is 44.3 Å². The highest BCUT2D eigenvalue weighted by Crippen LogP contribution is 2.30. The second kappa shape index (κ2) is 4.43. The molecule has 0 saturated heterocycles. The third kappa shape index (κ3) is 2.00. The summed E-state index contributed by atoms with van der Waals surface area (Å²) < 4.78 is 11.9. The van der Waals surface area contributed by atoms with Gasteiger partial charge in [0.15, 0.2) is 0 Å². The normalized spacial score (nSPS) is 34.8. The molecular formula is C10H17NO2S. The van der Waals surface area contributed by atoms with E-state index in [1.165, 1.54) is 32.1 Å². The molecule has 2 rings (SSSR count). The van der Waals surface area contributed by atoms with Gasteiger partial charge in [0.25, 0.3) is 0 Å². The molecular weight excluding hydrogens is 198 g/mol. The van der Waals surface area contributed by atoms with Crippen LogP contribution < -0.4 is 0 Å². The predicted octanol–water partition coefficient (Wildman–Crippen LogP) is 2.05. The van der Waals surface area contributed by atoms with Crippen molar-refractivity contribution in [1.82, 2.24) is 0 Å². The summed E-state index contributed by atoms with van der Waals surface area (Å²) in [6.07, 6.45) is 6.34. The van der Waals surface area contributed by atoms with E-state index in [2.05, 4.69) is 5.16 Å². The Balaban J connectivity index is 2.03. The van der Waals surface area contributed by atoms with E-state index in [4.69, 9.17) is 4.84 Å². The van der Waals surface area contributed by atoms with E-state index in [1.54, 1.807) is 6.92 Å². The van der Waals surface area contributed by atoms with Crippen molar-refractivity contribution < 1.29 is 9.05 Å². The number of nitrogens with zero attached hydrogens (tertiary/aromatic N) is 1. The summed E-state index contributed by atoms with van der Waals surface area (Å²) in [4.78, 5) is 5.11. The fraction of sp³-hybridized carbons (Fsp3) is 0.900. The van der Waals surface area contributed by atoms with Crippen LogP contribution in [0.1, 0.15) is 39.0 Å². The minimum atomic E-state index is -0.895. The summed E-state index contributed by atoms with van der Waals surface area (Å²) in [5, 5.41) is 4.63. The number of hydrogen-bond acceptors (Lipinski definition) is 3. The molecule has 0 N–H and O–H groups in total. The maximum absolute atomic E-state index is 11.9. The van der Waals surface area contributed by atoms with Crippen LogP contribution in [-0.4, -0.2) is 21.1 Å². The van der Waals surface area contributed by atoms with E-state index in [0.29, 0.717) is 17.6 Å². The summed E-state index contributed by atoms with van der Waals surface area (Å²) in [6.45, 7) is 2.35. The molecule has 0 bridgehead atoms. The molecule has 1 fully saturated rings. The van der Waals surface area contributed by atoms with Crippen molar-refractivity contribution in [3.63, 3.8) is 0 Å². The monoisotopic (exact) mass is 215 g/mol. The van der Waals surface area contributed by atoms with E-state index < -0.39 is 10.8 Å². The van der Waals surface area contributed by atoms with Gasteiger partial charge in [0.2, 0.25) is 0 Å². The molecule has 0 radical (unpaired) electrons. The largest absolute Gasteiger partial charge is 0.394 e. The minimum absolute atomic E-state index is 0.202. The zero-order chi connectivity index (χ0) is 9.97. The van der Waals surface area contributed by atoms with Crippen molar-refractivity contribution >= 4 is 15.8 Å². The molecule has 4 heteroatoms. The first kappa shape index (κ1) is 10.1. The highest BCUT2D eigenvalue weighted by molar-refractivity contribution is 8.01. The van der Waals surface area contributed by atoms with Gasteiger partial charge in [-0.15, -0.1) is 0 Å². The lowest BCUT2D eigenvalue weighted by molar-refractivity contribution is 0.122. The molecule has 1 heterocycles. The first-order valence-electron chi connectivity index (χ1n) is 5.36. The molecule has 2 unspecified atom stereocenters. The molecule has 14 heavy (non-hydrogen) atoms. The lowest BCUT2D eigenvalue weighted by Gasteiger charge is -2.30. The van der Waals surface area contributed by atoms with Gasteiger partial charge in [-0.05, 0) is 25.7 Å². The van der Waals surface area contributed by atoms with Crippen LogP contribution in [0.15, 0.2) is 5.16 Å². The van der Waals surface area contributed by atoms with Crippen LogP contribution in [-0.2, 0) is 15.6 Å². The van der Waals surface area contributed by atoms with E-state index in [9.17, 15) is 4.21 Å². The number of oxime groups is 1. The van der Waals surface area contributed by atoms with Gasteiger partial charge < -0.3 is 4.84 Å². The van der Waals surface area contributed by atoms with Crippen molar-refractivity contribution in [3.05, 3.63) is 0 Å². The second-order valence-electron chi connectivity index (χ2n) is 4.14. The molecule has 1 aliphatic heterocycles. The molecule has 1 saturated carbocycles. The van der Waals surface area contributed by atoms with Crippen LogP contribution >= 0.6 is 0 Å². The average Bonchev–Trinajstić information content (AvgIpc) is 2.23. The van der Waals surface area contributed by atoms with Crippen LogP contribution in [0.2, 0.25) is 0 Å². The standard InChI is InChI=1S/C10H17NO2S/c1-8-11-13-7-10(14(8)12)9-5-3-2-4-6-9/h9-10H,2-7H2,1H3. The maximum atomic E-state index is 11.9. The third-order valence-corrected chi connectivity index (χ3v) is 4.90. The van der Waals surface area contributed by atoms with Gasteiger partial charge in [-0.25, -0.2) is 0 Å². The van der Waals surface area contributed by atoms with Gasteiger partial charge in [0.05, 0.1) is 16.0 Å². The van der Waals surface area contributed by atoms with Crippen molar-refractivity contribution in [3.8, 4) is 0 Å². The molecule has 3 nitrogen and oxygen atoms in total. The number of rotatable bonds is 1. The highest BCUT2D eigenvalue weighted by atomic mass is 32.2. The lowest BCUT2D eigenvalue weighted by Crippen LogP contribution is -2.36. The average molecular weight is 215 g/mol. The smallest absolute Gasteiger partial charge is 0.141 e. The summed E-state index contributed by atoms with van der Waals surface area (Å²) >= 11 is 0. The summed E-state index contributed by atoms with van der Waals surface area (Å²) in [6, 6.07) is 0. The Hall–Kier alpha value is -0.380. The Morgan fingerprint density at radius 1 is 1.36 bits per heavy atom. The quantitative estimate of drug-likeness (QED) is 0.671. The van der Waals surface area contributed by atoms with Crippen molar-refractivity contribution in [2.75, 3.05) is 6.61 Å². The summed E-state index contributed by atoms with van der Waals surface area (Å²) in [7, 11) is -0.895. The van der Waals surface area contributed by atoms with Gasteiger partial charge in [-0.2, -0.15) is 0 Å². The minimum Gasteiger partial charge on any atom is -0.394 e. The Morgan fingerprint density at radius 3 is 2.79 bits per heavy atom. The van der Waals surface area contributed by atoms with E-state index in [0.717, 1.165) is 0 Å². The van der Waals surface area contributed by atoms with Gasteiger partial charge in [-0.1, -0.05) is 24.4 Å². The predicted molar refractivity (Wildman–Crippen MR) is 57.6 cm³/mol. The van der Waals surface area contributed by atoms with Gasteiger partial charge >= 0.3 is 0 Å². The van der Waals surface area contributed by atoms with E-state index in [-0.39, 0.29) is 5.25 Å². The summed E-state index contributed by atoms with van der Waals surface area (Å²) in [5.74, 6) is 0.593. The van der Waals surface area contributed by atoms with Gasteiger partial charge in [0, 0.05) is 0 Å². The van der Waals surface area contributed by atoms with Crippen LogP contribution in [0.25, 0.3) is 0 Å². The zero-order valence-electron chi connectivity index (χ0n) is 8.57. The molecule has 0 spiro atoms.